The predicted octanol–water partition coefficient (Wildman–Crippen LogP) is 8.49. The lowest BCUT2D eigenvalue weighted by Gasteiger charge is -2.21. The van der Waals surface area contributed by atoms with Crippen LogP contribution in [0, 0.1) is 11.7 Å². The molecule has 4 nitrogen and oxygen atoms in total. The highest BCUT2D eigenvalue weighted by Crippen LogP contribution is 2.45. The van der Waals surface area contributed by atoms with Gasteiger partial charge in [-0.05, 0) is 96.0 Å². The Balaban J connectivity index is 1.40. The van der Waals surface area contributed by atoms with E-state index in [9.17, 15) is 9.90 Å². The maximum absolute atomic E-state index is 15.0. The Morgan fingerprint density at radius 2 is 1.71 bits per heavy atom. The first-order valence-corrected chi connectivity index (χ1v) is 13.9. The Labute approximate surface area is 224 Å². The molecule has 1 atom stereocenters. The van der Waals surface area contributed by atoms with Crippen LogP contribution in [-0.4, -0.2) is 18.2 Å². The van der Waals surface area contributed by atoms with Crippen molar-refractivity contribution < 1.29 is 23.8 Å². The van der Waals surface area contributed by atoms with Crippen molar-refractivity contribution in [1.29, 1.82) is 0 Å². The number of aliphatic carboxylic acids is 1. The van der Waals surface area contributed by atoms with Crippen molar-refractivity contribution in [2.24, 2.45) is 5.92 Å². The molecular formula is C33H37FO4. The van der Waals surface area contributed by atoms with E-state index in [0.717, 1.165) is 48.1 Å². The molecule has 0 bridgehead atoms. The molecule has 2 saturated carbocycles. The summed E-state index contributed by atoms with van der Waals surface area (Å²) in [5.41, 5.74) is 4.78. The second kappa shape index (κ2) is 12.0. The lowest BCUT2D eigenvalue weighted by molar-refractivity contribution is -0.137. The molecule has 3 aromatic carbocycles. The summed E-state index contributed by atoms with van der Waals surface area (Å²) in [7, 11) is 1.60. The van der Waals surface area contributed by atoms with Crippen LogP contribution in [0.25, 0.3) is 11.1 Å². The predicted molar refractivity (Wildman–Crippen MR) is 147 cm³/mol. The third-order valence-corrected chi connectivity index (χ3v) is 8.15. The number of ether oxygens (including phenoxy) is 2. The number of methoxy groups -OCH3 is 1. The molecule has 5 heteroatoms. The van der Waals surface area contributed by atoms with Crippen molar-refractivity contribution in [3.05, 3.63) is 83.2 Å². The molecule has 0 aromatic heterocycles. The number of benzene rings is 3. The molecule has 0 amide bonds. The minimum absolute atomic E-state index is 0.0370. The van der Waals surface area contributed by atoms with Crippen LogP contribution < -0.4 is 9.47 Å². The molecule has 3 aromatic rings. The van der Waals surface area contributed by atoms with Crippen LogP contribution >= 0.6 is 0 Å². The van der Waals surface area contributed by atoms with Crippen LogP contribution in [0.15, 0.2) is 60.7 Å². The van der Waals surface area contributed by atoms with Gasteiger partial charge in [-0.3, -0.25) is 4.79 Å². The van der Waals surface area contributed by atoms with E-state index in [2.05, 4.69) is 6.07 Å². The summed E-state index contributed by atoms with van der Waals surface area (Å²) >= 11 is 0. The molecule has 1 N–H and O–H groups in total. The van der Waals surface area contributed by atoms with Gasteiger partial charge in [0, 0.05) is 5.56 Å². The van der Waals surface area contributed by atoms with Gasteiger partial charge in [-0.15, -0.1) is 0 Å². The highest BCUT2D eigenvalue weighted by molar-refractivity contribution is 5.71. The van der Waals surface area contributed by atoms with E-state index >= 15 is 4.39 Å². The second-order valence-electron chi connectivity index (χ2n) is 10.9. The van der Waals surface area contributed by atoms with Crippen LogP contribution in [0.1, 0.15) is 86.3 Å². The van der Waals surface area contributed by atoms with E-state index in [0.29, 0.717) is 29.8 Å². The number of carbonyl (C=O) groups is 1. The molecule has 0 unspecified atom stereocenters. The lowest BCUT2D eigenvalue weighted by Crippen LogP contribution is -2.08. The average molecular weight is 517 g/mol. The number of halogens is 1. The molecule has 0 radical (unpaired) electrons. The first kappa shape index (κ1) is 26.3. The van der Waals surface area contributed by atoms with Gasteiger partial charge in [0.2, 0.25) is 0 Å². The molecule has 5 rings (SSSR count). The van der Waals surface area contributed by atoms with Gasteiger partial charge in [0.05, 0.1) is 13.5 Å². The summed E-state index contributed by atoms with van der Waals surface area (Å²) in [5.74, 6) is 1.27. The number of carboxylic acids is 1. The van der Waals surface area contributed by atoms with Gasteiger partial charge in [0.25, 0.3) is 0 Å². The van der Waals surface area contributed by atoms with Gasteiger partial charge in [0.1, 0.15) is 23.9 Å². The Hall–Kier alpha value is -3.34. The van der Waals surface area contributed by atoms with E-state index in [-0.39, 0.29) is 18.2 Å². The topological polar surface area (TPSA) is 55.8 Å². The average Bonchev–Trinajstić information content (AvgIpc) is 3.79. The summed E-state index contributed by atoms with van der Waals surface area (Å²) in [6.45, 7) is 0.400. The highest BCUT2D eigenvalue weighted by atomic mass is 19.1. The van der Waals surface area contributed by atoms with Crippen molar-refractivity contribution in [2.75, 3.05) is 7.11 Å². The Bertz CT molecular complexity index is 1260. The minimum Gasteiger partial charge on any atom is -0.497 e. The van der Waals surface area contributed by atoms with Gasteiger partial charge < -0.3 is 14.6 Å². The van der Waals surface area contributed by atoms with E-state index < -0.39 is 5.97 Å². The van der Waals surface area contributed by atoms with Gasteiger partial charge in [-0.25, -0.2) is 4.39 Å². The lowest BCUT2D eigenvalue weighted by atomic mass is 9.85. The fraction of sp³-hybridized carbons (Fsp3) is 0.424. The zero-order valence-electron chi connectivity index (χ0n) is 22.1. The maximum Gasteiger partial charge on any atom is 0.303 e. The molecule has 200 valence electrons. The molecule has 0 saturated heterocycles. The Morgan fingerprint density at radius 3 is 2.42 bits per heavy atom. The number of carboxylic acid groups (broad SMARTS) is 1. The Kier molecular flexibility index (Phi) is 8.31. The summed E-state index contributed by atoms with van der Waals surface area (Å²) in [6.07, 6.45) is 9.44. The van der Waals surface area contributed by atoms with Crippen LogP contribution in [-0.2, 0) is 11.4 Å². The minimum atomic E-state index is -0.758. The van der Waals surface area contributed by atoms with Crippen LogP contribution in [0.3, 0.4) is 0 Å². The zero-order valence-corrected chi connectivity index (χ0v) is 22.1. The maximum atomic E-state index is 15.0. The third kappa shape index (κ3) is 6.38. The molecule has 2 aliphatic carbocycles. The standard InChI is InChI=1S/C33H37FO4/c1-37-26-14-16-32(34)31(19-26)28-15-11-22(17-30(28)23-7-4-2-3-5-8-23)21-38-27-10-6-9-25(18-27)29(20-33(35)36)24-12-13-24/h6,9-11,14-19,23-24,29H,2-5,7-8,12-13,20-21H2,1H3,(H,35,36)/t29-/m1/s1. The normalized spacial score (nSPS) is 17.0. The van der Waals surface area contributed by atoms with Crippen LogP contribution in [0.4, 0.5) is 4.39 Å². The fourth-order valence-electron chi connectivity index (χ4n) is 5.96. The summed E-state index contributed by atoms with van der Waals surface area (Å²) < 4.78 is 26.6. The third-order valence-electron chi connectivity index (χ3n) is 8.15. The van der Waals surface area contributed by atoms with Gasteiger partial charge in [0.15, 0.2) is 0 Å². The molecule has 2 aliphatic rings. The van der Waals surface area contributed by atoms with Crippen LogP contribution in [0.2, 0.25) is 0 Å². The molecular weight excluding hydrogens is 479 g/mol. The number of rotatable bonds is 10. The largest absolute Gasteiger partial charge is 0.497 e. The van der Waals surface area contributed by atoms with E-state index in [1.807, 2.05) is 36.4 Å². The Morgan fingerprint density at radius 1 is 0.921 bits per heavy atom. The van der Waals surface area contributed by atoms with Gasteiger partial charge >= 0.3 is 5.97 Å². The molecule has 38 heavy (non-hydrogen) atoms. The monoisotopic (exact) mass is 516 g/mol. The molecule has 2 fully saturated rings. The van der Waals surface area contributed by atoms with Crippen molar-refractivity contribution in [3.63, 3.8) is 0 Å². The second-order valence-corrected chi connectivity index (χ2v) is 10.9. The SMILES string of the molecule is COc1ccc(F)c(-c2ccc(COc3cccc([C@H](CC(=O)O)C4CC4)c3)cc2C2CCCCCC2)c1. The summed E-state index contributed by atoms with van der Waals surface area (Å²) in [6, 6.07) is 19.1. The first-order chi connectivity index (χ1) is 18.5. The van der Waals surface area contributed by atoms with Crippen molar-refractivity contribution in [1.82, 2.24) is 0 Å². The zero-order chi connectivity index (χ0) is 26.5. The molecule has 0 spiro atoms. The van der Waals surface area contributed by atoms with E-state index in [1.54, 1.807) is 19.2 Å². The first-order valence-electron chi connectivity index (χ1n) is 13.9. The summed E-state index contributed by atoms with van der Waals surface area (Å²) in [4.78, 5) is 11.4. The number of hydrogen-bond acceptors (Lipinski definition) is 3. The number of hydrogen-bond donors (Lipinski definition) is 1. The van der Waals surface area contributed by atoms with Crippen molar-refractivity contribution in [2.45, 2.75) is 76.2 Å². The van der Waals surface area contributed by atoms with E-state index in [4.69, 9.17) is 9.47 Å². The summed E-state index contributed by atoms with van der Waals surface area (Å²) in [5, 5.41) is 9.38. The van der Waals surface area contributed by atoms with Crippen molar-refractivity contribution >= 4 is 5.97 Å². The van der Waals surface area contributed by atoms with Gasteiger partial charge in [-0.2, -0.15) is 0 Å². The van der Waals surface area contributed by atoms with Gasteiger partial charge in [-0.1, -0.05) is 56.0 Å². The quantitative estimate of drug-likeness (QED) is 0.275. The van der Waals surface area contributed by atoms with E-state index in [1.165, 1.54) is 37.3 Å². The molecule has 0 aliphatic heterocycles. The smallest absolute Gasteiger partial charge is 0.303 e. The fourth-order valence-corrected chi connectivity index (χ4v) is 5.96. The van der Waals surface area contributed by atoms with Crippen LogP contribution in [0.5, 0.6) is 11.5 Å². The highest BCUT2D eigenvalue weighted by Gasteiger charge is 2.33. The molecule has 0 heterocycles. The van der Waals surface area contributed by atoms with Crippen molar-refractivity contribution in [3.8, 4) is 22.6 Å².